The molecule has 0 aliphatic rings. The standard InChI is InChI=1S/C21H21N3O2/c1-3-26-20-12-8-7-11-18(20)23-21(25)19-14-13-17(15-22-19)24(2)16-9-5-4-6-10-16/h4-15H,3H2,1-2H3,(H,23,25). The van der Waals surface area contributed by atoms with Gasteiger partial charge in [-0.2, -0.15) is 0 Å². The normalized spacial score (nSPS) is 10.2. The van der Waals surface area contributed by atoms with Gasteiger partial charge in [0.25, 0.3) is 5.91 Å². The van der Waals surface area contributed by atoms with Crippen molar-refractivity contribution in [1.29, 1.82) is 0 Å². The number of ether oxygens (including phenoxy) is 1. The number of anilines is 3. The lowest BCUT2D eigenvalue weighted by Crippen LogP contribution is -2.15. The number of carbonyl (C=O) groups excluding carboxylic acids is 1. The Labute approximate surface area is 153 Å². The molecule has 0 aliphatic heterocycles. The number of nitrogens with zero attached hydrogens (tertiary/aromatic N) is 2. The van der Waals surface area contributed by atoms with Gasteiger partial charge in [0.2, 0.25) is 0 Å². The molecule has 2 aromatic carbocycles. The number of carbonyl (C=O) groups is 1. The van der Waals surface area contributed by atoms with Gasteiger partial charge in [-0.25, -0.2) is 4.98 Å². The van der Waals surface area contributed by atoms with Crippen LogP contribution in [0.15, 0.2) is 72.9 Å². The molecule has 5 heteroatoms. The van der Waals surface area contributed by atoms with Crippen molar-refractivity contribution in [3.8, 4) is 5.75 Å². The molecule has 1 heterocycles. The maximum absolute atomic E-state index is 12.5. The molecule has 0 radical (unpaired) electrons. The van der Waals surface area contributed by atoms with Crippen molar-refractivity contribution >= 4 is 23.0 Å². The van der Waals surface area contributed by atoms with E-state index in [2.05, 4.69) is 10.3 Å². The Morgan fingerprint density at radius 3 is 2.42 bits per heavy atom. The molecule has 26 heavy (non-hydrogen) atoms. The summed E-state index contributed by atoms with van der Waals surface area (Å²) < 4.78 is 5.53. The van der Waals surface area contributed by atoms with E-state index in [0.29, 0.717) is 23.7 Å². The van der Waals surface area contributed by atoms with Crippen molar-refractivity contribution in [1.82, 2.24) is 4.98 Å². The van der Waals surface area contributed by atoms with Crippen LogP contribution in [0.3, 0.4) is 0 Å². The van der Waals surface area contributed by atoms with Crippen LogP contribution in [0.25, 0.3) is 0 Å². The minimum atomic E-state index is -0.272. The number of para-hydroxylation sites is 3. The summed E-state index contributed by atoms with van der Waals surface area (Å²) in [5.74, 6) is 0.370. The average molecular weight is 347 g/mol. The fourth-order valence-electron chi connectivity index (χ4n) is 2.56. The minimum Gasteiger partial charge on any atom is -0.492 e. The number of nitrogens with one attached hydrogen (secondary N) is 1. The first-order valence-electron chi connectivity index (χ1n) is 8.47. The highest BCUT2D eigenvalue weighted by Crippen LogP contribution is 2.25. The molecule has 132 valence electrons. The highest BCUT2D eigenvalue weighted by atomic mass is 16.5. The van der Waals surface area contributed by atoms with E-state index in [1.54, 1.807) is 18.3 Å². The van der Waals surface area contributed by atoms with Crippen LogP contribution in [-0.2, 0) is 0 Å². The summed E-state index contributed by atoms with van der Waals surface area (Å²) in [5, 5.41) is 2.85. The number of aromatic nitrogens is 1. The van der Waals surface area contributed by atoms with Gasteiger partial charge in [-0.05, 0) is 43.3 Å². The van der Waals surface area contributed by atoms with E-state index in [9.17, 15) is 4.79 Å². The average Bonchev–Trinajstić information content (AvgIpc) is 2.70. The highest BCUT2D eigenvalue weighted by molar-refractivity contribution is 6.03. The van der Waals surface area contributed by atoms with Gasteiger partial charge in [0, 0.05) is 12.7 Å². The van der Waals surface area contributed by atoms with Crippen LogP contribution in [0, 0.1) is 0 Å². The first-order valence-corrected chi connectivity index (χ1v) is 8.47. The van der Waals surface area contributed by atoms with E-state index < -0.39 is 0 Å². The van der Waals surface area contributed by atoms with Gasteiger partial charge in [0.15, 0.2) is 0 Å². The number of rotatable bonds is 6. The Morgan fingerprint density at radius 1 is 1.00 bits per heavy atom. The number of amides is 1. The van der Waals surface area contributed by atoms with Crippen molar-refractivity contribution < 1.29 is 9.53 Å². The third-order valence-corrected chi connectivity index (χ3v) is 3.95. The lowest BCUT2D eigenvalue weighted by atomic mass is 10.2. The summed E-state index contributed by atoms with van der Waals surface area (Å²) in [4.78, 5) is 18.8. The molecule has 0 bridgehead atoms. The topological polar surface area (TPSA) is 54.5 Å². The van der Waals surface area contributed by atoms with Gasteiger partial charge >= 0.3 is 0 Å². The predicted molar refractivity (Wildman–Crippen MR) is 104 cm³/mol. The molecule has 0 atom stereocenters. The Balaban J connectivity index is 1.73. The number of hydrogen-bond acceptors (Lipinski definition) is 4. The molecule has 0 saturated carbocycles. The van der Waals surface area contributed by atoms with Gasteiger partial charge in [-0.3, -0.25) is 4.79 Å². The fourth-order valence-corrected chi connectivity index (χ4v) is 2.56. The van der Waals surface area contributed by atoms with Gasteiger partial charge < -0.3 is 15.0 Å². The van der Waals surface area contributed by atoms with Crippen LogP contribution in [0.1, 0.15) is 17.4 Å². The molecule has 5 nitrogen and oxygen atoms in total. The van der Waals surface area contributed by atoms with Crippen LogP contribution >= 0.6 is 0 Å². The fraction of sp³-hybridized carbons (Fsp3) is 0.143. The molecule has 0 saturated heterocycles. The summed E-state index contributed by atoms with van der Waals surface area (Å²) in [5.41, 5.74) is 2.94. The second-order valence-corrected chi connectivity index (χ2v) is 5.68. The van der Waals surface area contributed by atoms with Crippen molar-refractivity contribution in [2.75, 3.05) is 23.9 Å². The smallest absolute Gasteiger partial charge is 0.274 e. The number of pyridine rings is 1. The second-order valence-electron chi connectivity index (χ2n) is 5.68. The molecule has 1 amide bonds. The quantitative estimate of drug-likeness (QED) is 0.713. The summed E-state index contributed by atoms with van der Waals surface area (Å²) in [6.07, 6.45) is 1.69. The molecule has 0 unspecified atom stereocenters. The van der Waals surface area contributed by atoms with Gasteiger partial charge in [0.05, 0.1) is 24.2 Å². The van der Waals surface area contributed by atoms with E-state index in [0.717, 1.165) is 11.4 Å². The first kappa shape index (κ1) is 17.5. The van der Waals surface area contributed by atoms with Crippen molar-refractivity contribution in [3.05, 3.63) is 78.6 Å². The van der Waals surface area contributed by atoms with Crippen LogP contribution in [0.2, 0.25) is 0 Å². The zero-order valence-electron chi connectivity index (χ0n) is 14.8. The molecule has 1 aromatic heterocycles. The van der Waals surface area contributed by atoms with E-state index in [4.69, 9.17) is 4.74 Å². The first-order chi connectivity index (χ1) is 12.7. The molecular weight excluding hydrogens is 326 g/mol. The molecule has 1 N–H and O–H groups in total. The molecule has 3 aromatic rings. The van der Waals surface area contributed by atoms with E-state index in [1.165, 1.54) is 0 Å². The van der Waals surface area contributed by atoms with Gasteiger partial charge in [0.1, 0.15) is 11.4 Å². The zero-order chi connectivity index (χ0) is 18.4. The molecule has 0 fully saturated rings. The Kier molecular flexibility index (Phi) is 5.49. The SMILES string of the molecule is CCOc1ccccc1NC(=O)c1ccc(N(C)c2ccccc2)cn1. The molecule has 0 spiro atoms. The van der Waals surface area contributed by atoms with E-state index >= 15 is 0 Å². The number of benzene rings is 2. The predicted octanol–water partition coefficient (Wildman–Crippen LogP) is 4.50. The van der Waals surface area contributed by atoms with Crippen molar-refractivity contribution in [2.45, 2.75) is 6.92 Å². The highest BCUT2D eigenvalue weighted by Gasteiger charge is 2.12. The lowest BCUT2D eigenvalue weighted by Gasteiger charge is -2.19. The summed E-state index contributed by atoms with van der Waals surface area (Å²) in [6.45, 7) is 2.44. The van der Waals surface area contributed by atoms with Crippen molar-refractivity contribution in [2.24, 2.45) is 0 Å². The summed E-state index contributed by atoms with van der Waals surface area (Å²) in [7, 11) is 1.96. The zero-order valence-corrected chi connectivity index (χ0v) is 14.8. The maximum atomic E-state index is 12.5. The second kappa shape index (κ2) is 8.16. The van der Waals surface area contributed by atoms with Crippen LogP contribution in [0.4, 0.5) is 17.1 Å². The van der Waals surface area contributed by atoms with Crippen LogP contribution in [0.5, 0.6) is 5.75 Å². The largest absolute Gasteiger partial charge is 0.492 e. The third kappa shape index (κ3) is 4.00. The van der Waals surface area contributed by atoms with E-state index in [1.807, 2.05) is 73.5 Å². The molecule has 3 rings (SSSR count). The Hall–Kier alpha value is -3.34. The van der Waals surface area contributed by atoms with Gasteiger partial charge in [-0.1, -0.05) is 30.3 Å². The lowest BCUT2D eigenvalue weighted by molar-refractivity contribution is 0.102. The summed E-state index contributed by atoms with van der Waals surface area (Å²) in [6, 6.07) is 20.9. The molecular formula is C21H21N3O2. The minimum absolute atomic E-state index is 0.272. The number of hydrogen-bond donors (Lipinski definition) is 1. The van der Waals surface area contributed by atoms with Crippen LogP contribution < -0.4 is 15.0 Å². The van der Waals surface area contributed by atoms with E-state index in [-0.39, 0.29) is 5.91 Å². The van der Waals surface area contributed by atoms with Crippen LogP contribution in [-0.4, -0.2) is 24.5 Å². The Bertz CT molecular complexity index is 864. The maximum Gasteiger partial charge on any atom is 0.274 e. The summed E-state index contributed by atoms with van der Waals surface area (Å²) >= 11 is 0. The monoisotopic (exact) mass is 347 g/mol. The van der Waals surface area contributed by atoms with Gasteiger partial charge in [-0.15, -0.1) is 0 Å². The molecule has 0 aliphatic carbocycles. The Morgan fingerprint density at radius 2 is 1.73 bits per heavy atom. The van der Waals surface area contributed by atoms with Crippen molar-refractivity contribution in [3.63, 3.8) is 0 Å². The third-order valence-electron chi connectivity index (χ3n) is 3.95.